The van der Waals surface area contributed by atoms with Crippen LogP contribution in [0, 0.1) is 0 Å². The number of hydrogen-bond acceptors (Lipinski definition) is 11. The first-order chi connectivity index (χ1) is 14.5. The molecule has 3 heterocycles. The van der Waals surface area contributed by atoms with E-state index in [0.717, 1.165) is 12.7 Å². The van der Waals surface area contributed by atoms with Crippen LogP contribution >= 0.6 is 7.82 Å². The molecule has 5 atom stereocenters. The van der Waals surface area contributed by atoms with Crippen molar-refractivity contribution in [1.29, 1.82) is 0 Å². The topological polar surface area (TPSA) is 247 Å². The predicted molar refractivity (Wildman–Crippen MR) is 96.5 cm³/mol. The van der Waals surface area contributed by atoms with Crippen LogP contribution in [0.3, 0.4) is 0 Å². The van der Waals surface area contributed by atoms with Gasteiger partial charge < -0.3 is 40.3 Å². The number of carbonyl (C=O) groups is 2. The van der Waals surface area contributed by atoms with Crippen LogP contribution < -0.4 is 5.32 Å². The maximum Gasteiger partial charge on any atom is 0.469 e. The molecule has 0 saturated carbocycles. The van der Waals surface area contributed by atoms with Crippen molar-refractivity contribution in [2.75, 3.05) is 11.9 Å². The second-order valence-corrected chi connectivity index (χ2v) is 7.75. The summed E-state index contributed by atoms with van der Waals surface area (Å²) in [6, 6.07) is -1.51. The summed E-state index contributed by atoms with van der Waals surface area (Å²) in [6.45, 7) is -0.705. The van der Waals surface area contributed by atoms with Gasteiger partial charge in [-0.15, -0.1) is 0 Å². The normalized spacial score (nSPS) is 24.9. The molecule has 7 N–H and O–H groups in total. The van der Waals surface area contributed by atoms with E-state index in [4.69, 9.17) is 19.6 Å². The molecule has 31 heavy (non-hydrogen) atoms. The number of phosphoric ester groups is 1. The lowest BCUT2D eigenvalue weighted by atomic mass is 10.1. The van der Waals surface area contributed by atoms with E-state index in [-0.39, 0.29) is 17.0 Å². The molecule has 3 rings (SSSR count). The molecule has 5 unspecified atom stereocenters. The number of carboxylic acid groups (broad SMARTS) is 2. The van der Waals surface area contributed by atoms with Crippen molar-refractivity contribution in [2.45, 2.75) is 37.0 Å². The molecular formula is C14H18N5O11P. The lowest BCUT2D eigenvalue weighted by molar-refractivity contribution is -0.144. The fourth-order valence-corrected chi connectivity index (χ4v) is 3.29. The molecule has 2 aromatic rings. The number of aliphatic carboxylic acids is 2. The van der Waals surface area contributed by atoms with Crippen molar-refractivity contribution in [3.05, 3.63) is 12.7 Å². The molecule has 0 radical (unpaired) electrons. The van der Waals surface area contributed by atoms with Gasteiger partial charge >= 0.3 is 19.8 Å². The molecular weight excluding hydrogens is 445 g/mol. The molecule has 1 aliphatic rings. The van der Waals surface area contributed by atoms with Gasteiger partial charge in [0.05, 0.1) is 19.4 Å². The first kappa shape index (κ1) is 23.0. The van der Waals surface area contributed by atoms with E-state index in [1.807, 2.05) is 0 Å². The lowest BCUT2D eigenvalue weighted by Gasteiger charge is -2.17. The van der Waals surface area contributed by atoms with E-state index in [2.05, 4.69) is 24.8 Å². The van der Waals surface area contributed by atoms with E-state index < -0.39 is 63.4 Å². The Morgan fingerprint density at radius 2 is 1.94 bits per heavy atom. The molecule has 2 aromatic heterocycles. The highest BCUT2D eigenvalue weighted by atomic mass is 31.2. The summed E-state index contributed by atoms with van der Waals surface area (Å²) in [5, 5.41) is 40.9. The van der Waals surface area contributed by atoms with Gasteiger partial charge in [0.2, 0.25) is 0 Å². The number of anilines is 1. The van der Waals surface area contributed by atoms with E-state index in [0.29, 0.717) is 0 Å². The summed E-state index contributed by atoms with van der Waals surface area (Å²) in [7, 11) is -4.83. The Morgan fingerprint density at radius 3 is 2.55 bits per heavy atom. The second kappa shape index (κ2) is 8.80. The average Bonchev–Trinajstić information content (AvgIpc) is 3.21. The summed E-state index contributed by atoms with van der Waals surface area (Å²) in [6.07, 6.45) is -4.20. The van der Waals surface area contributed by atoms with Crippen molar-refractivity contribution in [3.8, 4) is 0 Å². The third-order valence-corrected chi connectivity index (χ3v) is 4.85. The number of aliphatic hydroxyl groups excluding tert-OH is 2. The number of imidazole rings is 1. The summed E-state index contributed by atoms with van der Waals surface area (Å²) < 4.78 is 21.8. The van der Waals surface area contributed by atoms with E-state index in [9.17, 15) is 29.5 Å². The number of nitrogens with one attached hydrogen (secondary N) is 1. The van der Waals surface area contributed by atoms with Crippen LogP contribution in [0.2, 0.25) is 0 Å². The van der Waals surface area contributed by atoms with Crippen molar-refractivity contribution in [2.24, 2.45) is 0 Å². The monoisotopic (exact) mass is 463 g/mol. The minimum Gasteiger partial charge on any atom is -0.481 e. The first-order valence-electron chi connectivity index (χ1n) is 8.58. The summed E-state index contributed by atoms with van der Waals surface area (Å²) >= 11 is 0. The highest BCUT2D eigenvalue weighted by Crippen LogP contribution is 2.39. The largest absolute Gasteiger partial charge is 0.481 e. The van der Waals surface area contributed by atoms with Crippen LogP contribution in [0.5, 0.6) is 0 Å². The van der Waals surface area contributed by atoms with Crippen LogP contribution in [0.25, 0.3) is 11.2 Å². The number of hydrogen-bond donors (Lipinski definition) is 7. The lowest BCUT2D eigenvalue weighted by Crippen LogP contribution is -2.33. The molecule has 17 heteroatoms. The molecule has 0 spiro atoms. The van der Waals surface area contributed by atoms with Gasteiger partial charge in [0.15, 0.2) is 23.2 Å². The third-order valence-electron chi connectivity index (χ3n) is 4.36. The molecule has 0 amide bonds. The smallest absolute Gasteiger partial charge is 0.469 e. The van der Waals surface area contributed by atoms with E-state index in [1.165, 1.54) is 4.57 Å². The van der Waals surface area contributed by atoms with E-state index in [1.54, 1.807) is 0 Å². The Labute approximate surface area is 172 Å². The fourth-order valence-electron chi connectivity index (χ4n) is 2.95. The maximum atomic E-state index is 11.3. The SMILES string of the molecule is O=C(O)CC(Nc1ncnc2c1ncn2C1OC(COP(=O)(O)O)C(O)C1O)C(=O)O. The van der Waals surface area contributed by atoms with Gasteiger partial charge in [-0.1, -0.05) is 0 Å². The van der Waals surface area contributed by atoms with Crippen LogP contribution in [-0.4, -0.2) is 92.6 Å². The van der Waals surface area contributed by atoms with Crippen LogP contribution in [0.15, 0.2) is 12.7 Å². The van der Waals surface area contributed by atoms with Crippen LogP contribution in [-0.2, 0) is 23.4 Å². The minimum absolute atomic E-state index is 0.0272. The Hall–Kier alpha value is -2.72. The average molecular weight is 463 g/mol. The predicted octanol–water partition coefficient (Wildman–Crippen LogP) is -2.11. The number of carboxylic acids is 2. The van der Waals surface area contributed by atoms with Crippen molar-refractivity contribution < 1.29 is 53.6 Å². The number of nitrogens with zero attached hydrogens (tertiary/aromatic N) is 4. The third kappa shape index (κ3) is 5.13. The standard InChI is InChI=1S/C14H18N5O11P/c20-7(21)1-5(14(24)25)18-11-8-12(16-3-15-11)19(4-17-8)13-10(23)9(22)6(30-13)2-29-31(26,27)28/h3-6,9-10,13,22-23H,1-2H2,(H,20,21)(H,24,25)(H,15,16,18)(H2,26,27,28). The van der Waals surface area contributed by atoms with Gasteiger partial charge in [0.25, 0.3) is 0 Å². The summed E-state index contributed by atoms with van der Waals surface area (Å²) in [5.74, 6) is -2.87. The molecule has 1 aliphatic heterocycles. The Balaban J connectivity index is 1.86. The van der Waals surface area contributed by atoms with Crippen molar-refractivity contribution in [3.63, 3.8) is 0 Å². The quantitative estimate of drug-likeness (QED) is 0.197. The molecule has 0 bridgehead atoms. The number of fused-ring (bicyclic) bond motifs is 1. The maximum absolute atomic E-state index is 11.3. The highest BCUT2D eigenvalue weighted by Gasteiger charge is 2.45. The van der Waals surface area contributed by atoms with Gasteiger partial charge in [0, 0.05) is 0 Å². The number of ether oxygens (including phenoxy) is 1. The summed E-state index contributed by atoms with van der Waals surface area (Å²) in [5.41, 5.74) is 0.0733. The summed E-state index contributed by atoms with van der Waals surface area (Å²) in [4.78, 5) is 51.6. The van der Waals surface area contributed by atoms with Gasteiger partial charge in [0.1, 0.15) is 30.7 Å². The number of aliphatic hydroxyl groups is 2. The highest BCUT2D eigenvalue weighted by molar-refractivity contribution is 7.46. The number of rotatable bonds is 9. The molecule has 0 aromatic carbocycles. The molecule has 0 aliphatic carbocycles. The van der Waals surface area contributed by atoms with Crippen LogP contribution in [0.1, 0.15) is 12.6 Å². The zero-order valence-corrected chi connectivity index (χ0v) is 16.3. The zero-order chi connectivity index (χ0) is 22.9. The zero-order valence-electron chi connectivity index (χ0n) is 15.4. The second-order valence-electron chi connectivity index (χ2n) is 6.51. The molecule has 170 valence electrons. The molecule has 1 fully saturated rings. The fraction of sp³-hybridized carbons (Fsp3) is 0.500. The Bertz CT molecular complexity index is 1030. The Kier molecular flexibility index (Phi) is 6.51. The number of phosphoric acid groups is 1. The first-order valence-corrected chi connectivity index (χ1v) is 10.1. The Morgan fingerprint density at radius 1 is 1.23 bits per heavy atom. The van der Waals surface area contributed by atoms with E-state index >= 15 is 0 Å². The van der Waals surface area contributed by atoms with Gasteiger partial charge in [-0.05, 0) is 0 Å². The number of aromatic nitrogens is 4. The molecule has 1 saturated heterocycles. The van der Waals surface area contributed by atoms with Crippen molar-refractivity contribution in [1.82, 2.24) is 19.5 Å². The van der Waals surface area contributed by atoms with Crippen LogP contribution in [0.4, 0.5) is 5.82 Å². The van der Waals surface area contributed by atoms with Gasteiger partial charge in [-0.25, -0.2) is 24.3 Å². The van der Waals surface area contributed by atoms with Gasteiger partial charge in [-0.3, -0.25) is 13.9 Å². The minimum atomic E-state index is -4.83. The molecule has 16 nitrogen and oxygen atoms in total. The van der Waals surface area contributed by atoms with Crippen molar-refractivity contribution >= 4 is 36.7 Å². The van der Waals surface area contributed by atoms with Gasteiger partial charge in [-0.2, -0.15) is 0 Å².